The summed E-state index contributed by atoms with van der Waals surface area (Å²) >= 11 is 11.8. The second-order valence-corrected chi connectivity index (χ2v) is 5.87. The third-order valence-electron chi connectivity index (χ3n) is 3.23. The molecule has 1 heterocycles. The minimum Gasteiger partial charge on any atom is -0.388 e. The summed E-state index contributed by atoms with van der Waals surface area (Å²) in [7, 11) is 0. The predicted octanol–water partition coefficient (Wildman–Crippen LogP) is 3.69. The van der Waals surface area contributed by atoms with Gasteiger partial charge >= 0.3 is 0 Å². The molecular formula is C16H16Cl2N2O2. The molecule has 1 amide bonds. The number of aliphatic hydroxyl groups excluding tert-OH is 1. The second-order valence-electron chi connectivity index (χ2n) is 4.99. The Kier molecular flexibility index (Phi) is 5.77. The first-order valence-corrected chi connectivity index (χ1v) is 7.54. The van der Waals surface area contributed by atoms with E-state index in [0.29, 0.717) is 15.6 Å². The average molecular weight is 339 g/mol. The summed E-state index contributed by atoms with van der Waals surface area (Å²) in [6.07, 6.45) is 2.31. The summed E-state index contributed by atoms with van der Waals surface area (Å²) in [5.41, 5.74) is 1.47. The molecular weight excluding hydrogens is 323 g/mol. The highest BCUT2D eigenvalue weighted by molar-refractivity contribution is 6.34. The summed E-state index contributed by atoms with van der Waals surface area (Å²) < 4.78 is 0. The van der Waals surface area contributed by atoms with E-state index in [1.165, 1.54) is 0 Å². The van der Waals surface area contributed by atoms with Crippen LogP contribution in [0.15, 0.2) is 42.7 Å². The van der Waals surface area contributed by atoms with Crippen LogP contribution in [0.4, 0.5) is 0 Å². The normalized spacial score (nSPS) is 13.5. The Morgan fingerprint density at radius 1 is 1.18 bits per heavy atom. The molecule has 0 aliphatic heterocycles. The van der Waals surface area contributed by atoms with Gasteiger partial charge in [-0.2, -0.15) is 0 Å². The van der Waals surface area contributed by atoms with Crippen molar-refractivity contribution in [2.75, 3.05) is 0 Å². The summed E-state index contributed by atoms with van der Waals surface area (Å²) in [5.74, 6) is -0.257. The second kappa shape index (κ2) is 7.58. The zero-order valence-electron chi connectivity index (χ0n) is 12.0. The van der Waals surface area contributed by atoms with Gasteiger partial charge in [0.1, 0.15) is 0 Å². The van der Waals surface area contributed by atoms with Crippen molar-refractivity contribution in [3.05, 3.63) is 63.9 Å². The number of halogens is 2. The van der Waals surface area contributed by atoms with Crippen molar-refractivity contribution in [2.24, 2.45) is 0 Å². The third kappa shape index (κ3) is 4.70. The van der Waals surface area contributed by atoms with Crippen LogP contribution in [-0.4, -0.2) is 16.0 Å². The molecule has 2 unspecified atom stereocenters. The van der Waals surface area contributed by atoms with Crippen LogP contribution < -0.4 is 5.32 Å². The van der Waals surface area contributed by atoms with Gasteiger partial charge < -0.3 is 10.4 Å². The molecule has 2 atom stereocenters. The van der Waals surface area contributed by atoms with E-state index < -0.39 is 6.10 Å². The molecule has 4 nitrogen and oxygen atoms in total. The summed E-state index contributed by atoms with van der Waals surface area (Å²) in [6, 6.07) is 8.27. The van der Waals surface area contributed by atoms with Crippen LogP contribution in [0.5, 0.6) is 0 Å². The van der Waals surface area contributed by atoms with Crippen molar-refractivity contribution < 1.29 is 9.90 Å². The Bertz CT molecular complexity index is 630. The minimum absolute atomic E-state index is 0.0634. The van der Waals surface area contributed by atoms with Crippen molar-refractivity contribution >= 4 is 29.1 Å². The summed E-state index contributed by atoms with van der Waals surface area (Å²) in [4.78, 5) is 16.0. The number of aliphatic hydroxyl groups is 1. The Balaban J connectivity index is 1.96. The Morgan fingerprint density at radius 2 is 1.77 bits per heavy atom. The lowest BCUT2D eigenvalue weighted by Crippen LogP contribution is -2.28. The lowest BCUT2D eigenvalue weighted by Gasteiger charge is -2.16. The van der Waals surface area contributed by atoms with Crippen LogP contribution in [0.25, 0.3) is 0 Å². The summed E-state index contributed by atoms with van der Waals surface area (Å²) in [6.45, 7) is 1.87. The lowest BCUT2D eigenvalue weighted by molar-refractivity contribution is -0.123. The molecule has 0 bridgehead atoms. The summed E-state index contributed by atoms with van der Waals surface area (Å²) in [5, 5.41) is 13.8. The van der Waals surface area contributed by atoms with Crippen molar-refractivity contribution in [3.8, 4) is 0 Å². The average Bonchev–Trinajstić information content (AvgIpc) is 2.47. The fourth-order valence-corrected chi connectivity index (χ4v) is 2.64. The van der Waals surface area contributed by atoms with E-state index in [-0.39, 0.29) is 18.4 Å². The van der Waals surface area contributed by atoms with E-state index in [2.05, 4.69) is 10.3 Å². The molecule has 0 fully saturated rings. The fraction of sp³-hybridized carbons (Fsp3) is 0.250. The molecule has 1 aromatic heterocycles. The highest BCUT2D eigenvalue weighted by atomic mass is 35.5. The van der Waals surface area contributed by atoms with Crippen LogP contribution in [0, 0.1) is 0 Å². The molecule has 2 aromatic rings. The first-order chi connectivity index (χ1) is 10.5. The zero-order chi connectivity index (χ0) is 16.1. The van der Waals surface area contributed by atoms with Crippen molar-refractivity contribution in [1.82, 2.24) is 10.3 Å². The van der Waals surface area contributed by atoms with E-state index in [4.69, 9.17) is 23.2 Å². The lowest BCUT2D eigenvalue weighted by atomic mass is 10.1. The number of nitrogens with one attached hydrogen (secondary N) is 1. The number of benzene rings is 1. The van der Waals surface area contributed by atoms with Gasteiger partial charge in [0, 0.05) is 22.4 Å². The van der Waals surface area contributed by atoms with E-state index >= 15 is 0 Å². The molecule has 0 aliphatic rings. The number of hydrogen-bond donors (Lipinski definition) is 2. The quantitative estimate of drug-likeness (QED) is 0.873. The minimum atomic E-state index is -0.958. The first-order valence-electron chi connectivity index (χ1n) is 6.79. The molecule has 6 heteroatoms. The maximum absolute atomic E-state index is 12.0. The smallest absolute Gasteiger partial charge is 0.223 e. The van der Waals surface area contributed by atoms with E-state index in [1.807, 2.05) is 19.1 Å². The number of amides is 1. The van der Waals surface area contributed by atoms with Crippen LogP contribution in [-0.2, 0) is 4.79 Å². The Hall–Kier alpha value is -1.62. The molecule has 116 valence electrons. The highest BCUT2D eigenvalue weighted by Crippen LogP contribution is 2.25. The number of aromatic nitrogens is 1. The molecule has 0 saturated carbocycles. The molecule has 0 radical (unpaired) electrons. The van der Waals surface area contributed by atoms with Crippen LogP contribution >= 0.6 is 23.2 Å². The van der Waals surface area contributed by atoms with Gasteiger partial charge in [-0.05, 0) is 48.4 Å². The molecule has 0 aliphatic carbocycles. The number of carbonyl (C=O) groups excluding carboxylic acids is 1. The number of carbonyl (C=O) groups is 1. The van der Waals surface area contributed by atoms with E-state index in [9.17, 15) is 9.90 Å². The SMILES string of the molecule is CC(NC(=O)CC(O)c1cc(Cl)cc(Cl)c1)c1ccncc1. The Labute approximate surface area is 139 Å². The van der Waals surface area contributed by atoms with Gasteiger partial charge in [-0.1, -0.05) is 23.2 Å². The number of hydrogen-bond acceptors (Lipinski definition) is 3. The topological polar surface area (TPSA) is 62.2 Å². The standard InChI is InChI=1S/C16H16Cl2N2O2/c1-10(11-2-4-19-5-3-11)20-16(22)9-15(21)12-6-13(17)8-14(18)7-12/h2-8,10,15,21H,9H2,1H3,(H,20,22). The molecule has 2 N–H and O–H groups in total. The first kappa shape index (κ1) is 16.7. The van der Waals surface area contributed by atoms with Gasteiger partial charge in [0.05, 0.1) is 18.6 Å². The highest BCUT2D eigenvalue weighted by Gasteiger charge is 2.16. The number of pyridine rings is 1. The number of nitrogens with zero attached hydrogens (tertiary/aromatic N) is 1. The maximum Gasteiger partial charge on any atom is 0.223 e. The number of rotatable bonds is 5. The fourth-order valence-electron chi connectivity index (χ4n) is 2.10. The predicted molar refractivity (Wildman–Crippen MR) is 86.8 cm³/mol. The Morgan fingerprint density at radius 3 is 2.36 bits per heavy atom. The maximum atomic E-state index is 12.0. The largest absolute Gasteiger partial charge is 0.388 e. The molecule has 0 spiro atoms. The van der Waals surface area contributed by atoms with Crippen molar-refractivity contribution in [3.63, 3.8) is 0 Å². The van der Waals surface area contributed by atoms with Gasteiger partial charge in [0.2, 0.25) is 5.91 Å². The van der Waals surface area contributed by atoms with Crippen molar-refractivity contribution in [2.45, 2.75) is 25.5 Å². The zero-order valence-corrected chi connectivity index (χ0v) is 13.5. The molecule has 1 aromatic carbocycles. The van der Waals surface area contributed by atoms with E-state index in [0.717, 1.165) is 5.56 Å². The van der Waals surface area contributed by atoms with E-state index in [1.54, 1.807) is 30.6 Å². The van der Waals surface area contributed by atoms with Crippen LogP contribution in [0.3, 0.4) is 0 Å². The van der Waals surface area contributed by atoms with Gasteiger partial charge in [-0.25, -0.2) is 0 Å². The van der Waals surface area contributed by atoms with Crippen LogP contribution in [0.2, 0.25) is 10.0 Å². The third-order valence-corrected chi connectivity index (χ3v) is 3.67. The van der Waals surface area contributed by atoms with Gasteiger partial charge in [0.25, 0.3) is 0 Å². The van der Waals surface area contributed by atoms with Gasteiger partial charge in [-0.15, -0.1) is 0 Å². The van der Waals surface area contributed by atoms with Crippen LogP contribution in [0.1, 0.15) is 36.6 Å². The van der Waals surface area contributed by atoms with Crippen molar-refractivity contribution in [1.29, 1.82) is 0 Å². The molecule has 2 rings (SSSR count). The molecule has 22 heavy (non-hydrogen) atoms. The molecule has 0 saturated heterocycles. The monoisotopic (exact) mass is 338 g/mol. The van der Waals surface area contributed by atoms with Gasteiger partial charge in [-0.3, -0.25) is 9.78 Å². The van der Waals surface area contributed by atoms with Gasteiger partial charge in [0.15, 0.2) is 0 Å².